The first-order valence-corrected chi connectivity index (χ1v) is 9.30. The van der Waals surface area contributed by atoms with Gasteiger partial charge in [-0.05, 0) is 25.1 Å². The number of hydrogen-bond donors (Lipinski definition) is 0. The Morgan fingerprint density at radius 3 is 2.63 bits per heavy atom. The monoisotopic (exact) mass is 401 g/mol. The maximum atomic E-state index is 13.1. The van der Waals surface area contributed by atoms with Crippen molar-refractivity contribution in [1.82, 2.24) is 13.9 Å². The van der Waals surface area contributed by atoms with Gasteiger partial charge in [0, 0.05) is 18.0 Å². The van der Waals surface area contributed by atoms with Gasteiger partial charge in [-0.25, -0.2) is 21.9 Å². The van der Waals surface area contributed by atoms with Crippen molar-refractivity contribution >= 4 is 22.0 Å². The molecule has 0 bridgehead atoms. The smallest absolute Gasteiger partial charge is 0.340 e. The van der Waals surface area contributed by atoms with Crippen LogP contribution in [0.4, 0.5) is 17.6 Å². The molecule has 0 amide bonds. The van der Waals surface area contributed by atoms with Crippen LogP contribution >= 0.6 is 0 Å². The Bertz CT molecular complexity index is 1010. The van der Waals surface area contributed by atoms with Crippen molar-refractivity contribution in [2.45, 2.75) is 19.3 Å². The molecule has 0 saturated carbocycles. The third-order valence-corrected chi connectivity index (χ3v) is 4.77. The van der Waals surface area contributed by atoms with Crippen LogP contribution < -0.4 is 4.74 Å². The highest BCUT2D eigenvalue weighted by atomic mass is 32.2. The number of hydrogen-bond acceptors (Lipinski definition) is 4. The van der Waals surface area contributed by atoms with Gasteiger partial charge in [0.1, 0.15) is 22.4 Å². The summed E-state index contributed by atoms with van der Waals surface area (Å²) in [5.41, 5.74) is 1.79. The topological polar surface area (TPSA) is 57.0 Å². The summed E-state index contributed by atoms with van der Waals surface area (Å²) in [4.78, 5) is 8.62. The summed E-state index contributed by atoms with van der Waals surface area (Å²) in [5.74, 6) is -4.03. The van der Waals surface area contributed by atoms with Crippen LogP contribution in [-0.4, -0.2) is 43.4 Å². The van der Waals surface area contributed by atoms with Crippen LogP contribution in [-0.2, 0) is 11.0 Å². The van der Waals surface area contributed by atoms with Gasteiger partial charge in [-0.2, -0.15) is 8.78 Å². The molecule has 0 aliphatic rings. The predicted molar refractivity (Wildman–Crippen MR) is 93.6 cm³/mol. The molecule has 0 spiro atoms. The highest BCUT2D eigenvalue weighted by molar-refractivity contribution is 7.83. The van der Waals surface area contributed by atoms with E-state index >= 15 is 0 Å². The van der Waals surface area contributed by atoms with E-state index in [-0.39, 0.29) is 17.3 Å². The molecule has 27 heavy (non-hydrogen) atoms. The SMILES string of the molecule is Cc1c(OCC(F)(F)C(F)F)ccnc1-c1nc2ccccc2n1S(C)=O. The van der Waals surface area contributed by atoms with Crippen LogP contribution in [0.3, 0.4) is 0 Å². The highest BCUT2D eigenvalue weighted by Crippen LogP contribution is 2.32. The van der Waals surface area contributed by atoms with Crippen molar-refractivity contribution in [2.75, 3.05) is 12.9 Å². The average Bonchev–Trinajstić information content (AvgIpc) is 3.00. The van der Waals surface area contributed by atoms with Crippen LogP contribution in [0, 0.1) is 6.92 Å². The fourth-order valence-corrected chi connectivity index (χ4v) is 3.35. The van der Waals surface area contributed by atoms with E-state index in [1.54, 1.807) is 31.2 Å². The summed E-state index contributed by atoms with van der Waals surface area (Å²) in [5, 5.41) is 0. The Morgan fingerprint density at radius 2 is 1.96 bits per heavy atom. The summed E-state index contributed by atoms with van der Waals surface area (Å²) in [6, 6.07) is 8.32. The summed E-state index contributed by atoms with van der Waals surface area (Å²) >= 11 is 0. The number of alkyl halides is 4. The quantitative estimate of drug-likeness (QED) is 0.589. The molecule has 2 heterocycles. The molecular formula is C17H15F4N3O2S. The number of pyridine rings is 1. The molecule has 0 saturated heterocycles. The fraction of sp³-hybridized carbons (Fsp3) is 0.294. The molecule has 1 unspecified atom stereocenters. The van der Waals surface area contributed by atoms with Crippen molar-refractivity contribution in [3.63, 3.8) is 0 Å². The van der Waals surface area contributed by atoms with Crippen LogP contribution in [0.25, 0.3) is 22.6 Å². The molecule has 144 valence electrons. The lowest BCUT2D eigenvalue weighted by Crippen LogP contribution is -2.33. The van der Waals surface area contributed by atoms with E-state index in [0.29, 0.717) is 16.6 Å². The zero-order valence-corrected chi connectivity index (χ0v) is 15.1. The van der Waals surface area contributed by atoms with Gasteiger partial charge >= 0.3 is 12.3 Å². The molecule has 1 aromatic carbocycles. The lowest BCUT2D eigenvalue weighted by Gasteiger charge is -2.17. The van der Waals surface area contributed by atoms with Gasteiger partial charge in [-0.15, -0.1) is 0 Å². The van der Waals surface area contributed by atoms with Gasteiger partial charge in [0.2, 0.25) is 0 Å². The zero-order valence-electron chi connectivity index (χ0n) is 14.3. The van der Waals surface area contributed by atoms with E-state index < -0.39 is 29.9 Å². The zero-order chi connectivity index (χ0) is 19.8. The molecule has 0 aliphatic heterocycles. The first-order valence-electron chi connectivity index (χ1n) is 7.78. The molecule has 1 atom stereocenters. The molecule has 3 rings (SSSR count). The molecule has 3 aromatic rings. The maximum Gasteiger partial charge on any atom is 0.340 e. The van der Waals surface area contributed by atoms with E-state index in [1.807, 2.05) is 0 Å². The summed E-state index contributed by atoms with van der Waals surface area (Å²) < 4.78 is 69.6. The number of nitrogens with zero attached hydrogens (tertiary/aromatic N) is 3. The number of halogens is 4. The number of ether oxygens (including phenoxy) is 1. The van der Waals surface area contributed by atoms with Crippen LogP contribution in [0.5, 0.6) is 5.75 Å². The second-order valence-electron chi connectivity index (χ2n) is 5.78. The molecule has 0 fully saturated rings. The first-order chi connectivity index (χ1) is 12.7. The molecule has 5 nitrogen and oxygen atoms in total. The molecule has 0 radical (unpaired) electrons. The van der Waals surface area contributed by atoms with E-state index in [1.165, 1.54) is 22.5 Å². The number of rotatable bonds is 6. The minimum atomic E-state index is -4.27. The minimum Gasteiger partial charge on any atom is -0.487 e. The molecule has 0 aliphatic carbocycles. The molecule has 0 N–H and O–H groups in total. The Balaban J connectivity index is 2.05. The van der Waals surface area contributed by atoms with Crippen molar-refractivity contribution in [1.29, 1.82) is 0 Å². The fourth-order valence-electron chi connectivity index (χ4n) is 2.55. The third-order valence-electron chi connectivity index (χ3n) is 3.88. The van der Waals surface area contributed by atoms with Gasteiger partial charge in [-0.1, -0.05) is 12.1 Å². The van der Waals surface area contributed by atoms with Gasteiger partial charge in [0.15, 0.2) is 12.4 Å². The van der Waals surface area contributed by atoms with Crippen LogP contribution in [0.15, 0.2) is 36.5 Å². The largest absolute Gasteiger partial charge is 0.487 e. The van der Waals surface area contributed by atoms with Crippen LogP contribution in [0.2, 0.25) is 0 Å². The Kier molecular flexibility index (Phi) is 5.18. The lowest BCUT2D eigenvalue weighted by molar-refractivity contribution is -0.148. The number of imidazole rings is 1. The van der Waals surface area contributed by atoms with Gasteiger partial charge < -0.3 is 4.74 Å². The summed E-state index contributed by atoms with van der Waals surface area (Å²) in [6.07, 6.45) is -1.07. The second-order valence-corrected chi connectivity index (χ2v) is 6.99. The molecule has 2 aromatic heterocycles. The van der Waals surface area contributed by atoms with E-state index in [0.717, 1.165) is 0 Å². The van der Waals surface area contributed by atoms with E-state index in [9.17, 15) is 21.8 Å². The second kappa shape index (κ2) is 7.26. The summed E-state index contributed by atoms with van der Waals surface area (Å²) in [7, 11) is -1.47. The number of benzene rings is 1. The Morgan fingerprint density at radius 1 is 1.26 bits per heavy atom. The predicted octanol–water partition coefficient (Wildman–Crippen LogP) is 3.83. The number of aromatic nitrogens is 3. The summed E-state index contributed by atoms with van der Waals surface area (Å²) in [6.45, 7) is 0.0749. The third kappa shape index (κ3) is 3.66. The number of para-hydroxylation sites is 2. The van der Waals surface area contributed by atoms with Gasteiger partial charge in [0.25, 0.3) is 0 Å². The minimum absolute atomic E-state index is 0.0270. The van der Waals surface area contributed by atoms with E-state index in [4.69, 9.17) is 4.74 Å². The first kappa shape index (κ1) is 19.3. The van der Waals surface area contributed by atoms with E-state index in [2.05, 4.69) is 9.97 Å². The van der Waals surface area contributed by atoms with Crippen molar-refractivity contribution in [2.24, 2.45) is 0 Å². The Hall–Kier alpha value is -2.49. The normalized spacial score (nSPS) is 13.3. The average molecular weight is 401 g/mol. The highest BCUT2D eigenvalue weighted by Gasteiger charge is 2.41. The molecule has 10 heteroatoms. The molecular weight excluding hydrogens is 386 g/mol. The maximum absolute atomic E-state index is 13.1. The number of fused-ring (bicyclic) bond motifs is 1. The Labute approximate surface area is 154 Å². The van der Waals surface area contributed by atoms with Crippen molar-refractivity contribution in [3.05, 3.63) is 42.1 Å². The van der Waals surface area contributed by atoms with Gasteiger partial charge in [0.05, 0.1) is 11.0 Å². The standard InChI is InChI=1S/C17H15F4N3O2S/c1-10-13(26-9-17(20,21)16(18)19)7-8-22-14(10)15-23-11-5-3-4-6-12(11)24(15)27(2)25/h3-8,16H,9H2,1-2H3. The van der Waals surface area contributed by atoms with Crippen molar-refractivity contribution in [3.8, 4) is 17.3 Å². The van der Waals surface area contributed by atoms with Crippen molar-refractivity contribution < 1.29 is 26.5 Å². The lowest BCUT2D eigenvalue weighted by atomic mass is 10.2. The van der Waals surface area contributed by atoms with Gasteiger partial charge in [-0.3, -0.25) is 4.98 Å². The van der Waals surface area contributed by atoms with Crippen LogP contribution in [0.1, 0.15) is 5.56 Å².